The van der Waals surface area contributed by atoms with Gasteiger partial charge in [0.05, 0.1) is 18.2 Å². The second-order valence-electron chi connectivity index (χ2n) is 6.28. The van der Waals surface area contributed by atoms with Crippen molar-refractivity contribution in [3.63, 3.8) is 0 Å². The van der Waals surface area contributed by atoms with Crippen molar-refractivity contribution in [3.8, 4) is 0 Å². The smallest absolute Gasteiger partial charge is 0.275 e. The van der Waals surface area contributed by atoms with E-state index in [1.54, 1.807) is 28.9 Å². The Morgan fingerprint density at radius 2 is 1.88 bits per heavy atom. The summed E-state index contributed by atoms with van der Waals surface area (Å²) in [5.74, 6) is -0.245. The summed E-state index contributed by atoms with van der Waals surface area (Å²) in [6.07, 6.45) is 3.39. The first-order valence-electron chi connectivity index (χ1n) is 8.52. The predicted molar refractivity (Wildman–Crippen MR) is 101 cm³/mol. The minimum atomic E-state index is -0.245. The Morgan fingerprint density at radius 3 is 2.65 bits per heavy atom. The van der Waals surface area contributed by atoms with Gasteiger partial charge in [0.15, 0.2) is 0 Å². The molecule has 134 valence electrons. The van der Waals surface area contributed by atoms with E-state index in [-0.39, 0.29) is 5.91 Å². The summed E-state index contributed by atoms with van der Waals surface area (Å²) in [7, 11) is 0. The Bertz CT molecular complexity index is 917. The zero-order valence-electron chi connectivity index (χ0n) is 14.2. The van der Waals surface area contributed by atoms with Crippen LogP contribution in [0.5, 0.6) is 0 Å². The normalized spacial score (nSPS) is 15.3. The van der Waals surface area contributed by atoms with Crippen molar-refractivity contribution in [3.05, 3.63) is 65.1 Å². The summed E-state index contributed by atoms with van der Waals surface area (Å²) in [5, 5.41) is 3.48. The van der Waals surface area contributed by atoms with Crippen LogP contribution in [0.25, 0.3) is 5.65 Å². The molecule has 6 nitrogen and oxygen atoms in total. The van der Waals surface area contributed by atoms with Crippen LogP contribution in [-0.4, -0.2) is 46.5 Å². The van der Waals surface area contributed by atoms with Crippen LogP contribution in [0.4, 0.5) is 5.69 Å². The van der Waals surface area contributed by atoms with Gasteiger partial charge in [-0.3, -0.25) is 9.69 Å². The van der Waals surface area contributed by atoms with Crippen LogP contribution in [0.1, 0.15) is 16.1 Å². The number of carbonyl (C=O) groups excluding carboxylic acids is 1. The molecule has 0 bridgehead atoms. The second-order valence-corrected chi connectivity index (χ2v) is 6.71. The van der Waals surface area contributed by atoms with Gasteiger partial charge in [-0.25, -0.2) is 4.98 Å². The van der Waals surface area contributed by atoms with Crippen molar-refractivity contribution in [1.29, 1.82) is 0 Å². The maximum atomic E-state index is 12.4. The maximum Gasteiger partial charge on any atom is 0.275 e. The Balaban J connectivity index is 1.41. The molecule has 0 aliphatic carbocycles. The molecule has 4 rings (SSSR count). The van der Waals surface area contributed by atoms with E-state index in [1.807, 2.05) is 24.3 Å². The van der Waals surface area contributed by atoms with Gasteiger partial charge in [0.25, 0.3) is 5.91 Å². The lowest BCUT2D eigenvalue weighted by molar-refractivity contribution is 0.0342. The number of hydrogen-bond donors (Lipinski definition) is 1. The SMILES string of the molecule is O=C(Nc1ccc(CN2CCOCC2)cc1)c1cn2cc(Cl)ccc2n1. The Kier molecular flexibility index (Phi) is 4.88. The van der Waals surface area contributed by atoms with Crippen molar-refractivity contribution in [2.45, 2.75) is 6.54 Å². The number of imidazole rings is 1. The fourth-order valence-corrected chi connectivity index (χ4v) is 3.15. The molecular weight excluding hydrogens is 352 g/mol. The van der Waals surface area contributed by atoms with E-state index in [0.717, 1.165) is 38.5 Å². The number of nitrogens with one attached hydrogen (secondary N) is 1. The minimum absolute atomic E-state index is 0.245. The summed E-state index contributed by atoms with van der Waals surface area (Å²) in [4.78, 5) is 19.1. The molecule has 1 saturated heterocycles. The summed E-state index contributed by atoms with van der Waals surface area (Å²) < 4.78 is 7.11. The van der Waals surface area contributed by atoms with Crippen molar-refractivity contribution >= 4 is 28.8 Å². The first-order valence-corrected chi connectivity index (χ1v) is 8.90. The molecule has 0 spiro atoms. The number of pyridine rings is 1. The zero-order chi connectivity index (χ0) is 17.9. The average molecular weight is 371 g/mol. The topological polar surface area (TPSA) is 58.9 Å². The third kappa shape index (κ3) is 3.88. The quantitative estimate of drug-likeness (QED) is 0.766. The minimum Gasteiger partial charge on any atom is -0.379 e. The monoisotopic (exact) mass is 370 g/mol. The molecule has 0 atom stereocenters. The number of rotatable bonds is 4. The van der Waals surface area contributed by atoms with E-state index in [4.69, 9.17) is 16.3 Å². The van der Waals surface area contributed by atoms with E-state index in [1.165, 1.54) is 5.56 Å². The van der Waals surface area contributed by atoms with E-state index in [2.05, 4.69) is 15.2 Å². The number of benzene rings is 1. The summed E-state index contributed by atoms with van der Waals surface area (Å²) in [6, 6.07) is 11.4. The zero-order valence-corrected chi connectivity index (χ0v) is 14.9. The number of amides is 1. The van der Waals surface area contributed by atoms with Crippen LogP contribution in [0.2, 0.25) is 5.02 Å². The molecule has 3 heterocycles. The highest BCUT2D eigenvalue weighted by Gasteiger charge is 2.13. The number of nitrogens with zero attached hydrogens (tertiary/aromatic N) is 3. The Labute approximate surface area is 156 Å². The first kappa shape index (κ1) is 17.0. The van der Waals surface area contributed by atoms with Crippen LogP contribution in [0.15, 0.2) is 48.8 Å². The highest BCUT2D eigenvalue weighted by atomic mass is 35.5. The van der Waals surface area contributed by atoms with E-state index >= 15 is 0 Å². The Hall–Kier alpha value is -2.41. The van der Waals surface area contributed by atoms with Gasteiger partial charge in [0, 0.05) is 37.7 Å². The molecule has 1 fully saturated rings. The molecule has 26 heavy (non-hydrogen) atoms. The van der Waals surface area contributed by atoms with Crippen molar-refractivity contribution in [2.75, 3.05) is 31.6 Å². The number of carbonyl (C=O) groups is 1. The van der Waals surface area contributed by atoms with Gasteiger partial charge in [0.1, 0.15) is 11.3 Å². The molecule has 3 aromatic rings. The van der Waals surface area contributed by atoms with Crippen molar-refractivity contribution in [2.24, 2.45) is 0 Å². The first-order chi connectivity index (χ1) is 12.7. The molecule has 1 aliphatic rings. The van der Waals surface area contributed by atoms with Crippen LogP contribution in [0.3, 0.4) is 0 Å². The molecule has 1 aliphatic heterocycles. The number of ether oxygens (including phenoxy) is 1. The number of morpholine rings is 1. The van der Waals surface area contributed by atoms with Gasteiger partial charge in [-0.1, -0.05) is 23.7 Å². The molecule has 1 aromatic carbocycles. The Morgan fingerprint density at radius 1 is 1.12 bits per heavy atom. The van der Waals surface area contributed by atoms with Crippen LogP contribution in [-0.2, 0) is 11.3 Å². The molecule has 0 unspecified atom stereocenters. The molecule has 2 aromatic heterocycles. The van der Waals surface area contributed by atoms with E-state index in [0.29, 0.717) is 16.4 Å². The second kappa shape index (κ2) is 7.45. The lowest BCUT2D eigenvalue weighted by Gasteiger charge is -2.26. The largest absolute Gasteiger partial charge is 0.379 e. The van der Waals surface area contributed by atoms with Gasteiger partial charge in [-0.2, -0.15) is 0 Å². The van der Waals surface area contributed by atoms with Crippen molar-refractivity contribution < 1.29 is 9.53 Å². The fraction of sp³-hybridized carbons (Fsp3) is 0.263. The van der Waals surface area contributed by atoms with Crippen molar-refractivity contribution in [1.82, 2.24) is 14.3 Å². The maximum absolute atomic E-state index is 12.4. The molecule has 1 amide bonds. The van der Waals surface area contributed by atoms with Gasteiger partial charge >= 0.3 is 0 Å². The van der Waals surface area contributed by atoms with Gasteiger partial charge in [-0.15, -0.1) is 0 Å². The van der Waals surface area contributed by atoms with E-state index in [9.17, 15) is 4.79 Å². The van der Waals surface area contributed by atoms with Crippen LogP contribution in [0, 0.1) is 0 Å². The molecule has 1 N–H and O–H groups in total. The molecular formula is C19H19ClN4O2. The lowest BCUT2D eigenvalue weighted by Crippen LogP contribution is -2.35. The predicted octanol–water partition coefficient (Wildman–Crippen LogP) is 3.07. The van der Waals surface area contributed by atoms with Crippen LogP contribution >= 0.6 is 11.6 Å². The standard InChI is InChI=1S/C19H19ClN4O2/c20-15-3-6-18-22-17(13-24(18)12-15)19(25)21-16-4-1-14(2-5-16)11-23-7-9-26-10-8-23/h1-6,12-13H,7-11H2,(H,21,25). The number of fused-ring (bicyclic) bond motifs is 1. The molecule has 0 saturated carbocycles. The third-order valence-corrected chi connectivity index (χ3v) is 4.59. The third-order valence-electron chi connectivity index (χ3n) is 4.37. The average Bonchev–Trinajstić information content (AvgIpc) is 3.07. The summed E-state index contributed by atoms with van der Waals surface area (Å²) >= 11 is 5.96. The van der Waals surface area contributed by atoms with Crippen LogP contribution < -0.4 is 5.32 Å². The highest BCUT2D eigenvalue weighted by molar-refractivity contribution is 6.30. The fourth-order valence-electron chi connectivity index (χ4n) is 2.98. The van der Waals surface area contributed by atoms with Gasteiger partial charge in [0.2, 0.25) is 0 Å². The highest BCUT2D eigenvalue weighted by Crippen LogP contribution is 2.15. The number of halogens is 1. The number of hydrogen-bond acceptors (Lipinski definition) is 4. The lowest BCUT2D eigenvalue weighted by atomic mass is 10.2. The van der Waals surface area contributed by atoms with Gasteiger partial charge < -0.3 is 14.5 Å². The summed E-state index contributed by atoms with van der Waals surface area (Å²) in [6.45, 7) is 4.38. The molecule has 7 heteroatoms. The number of aromatic nitrogens is 2. The number of anilines is 1. The summed E-state index contributed by atoms with van der Waals surface area (Å²) in [5.41, 5.74) is 2.99. The van der Waals surface area contributed by atoms with E-state index < -0.39 is 0 Å². The molecule has 0 radical (unpaired) electrons. The van der Waals surface area contributed by atoms with Gasteiger partial charge in [-0.05, 0) is 29.8 Å².